The first-order chi connectivity index (χ1) is 4.41. The molecule has 0 heteroatoms. The molecule has 0 aromatic carbocycles. The summed E-state index contributed by atoms with van der Waals surface area (Å²) < 4.78 is 0. The molecule has 0 aliphatic carbocycles. The minimum absolute atomic E-state index is 1.13. The third-order valence-corrected chi connectivity index (χ3v) is 0.895. The lowest BCUT2D eigenvalue weighted by Gasteiger charge is -1.78. The molecule has 0 spiro atoms. The van der Waals surface area contributed by atoms with E-state index in [9.17, 15) is 0 Å². The second kappa shape index (κ2) is 7.04. The van der Waals surface area contributed by atoms with Gasteiger partial charge in [-0.25, -0.2) is 0 Å². The zero-order valence-electron chi connectivity index (χ0n) is 5.80. The molecule has 0 atom stereocenters. The van der Waals surface area contributed by atoms with Crippen LogP contribution < -0.4 is 0 Å². The Bertz CT molecular complexity index is 133. The number of rotatable bonds is 3. The fourth-order valence-electron chi connectivity index (χ4n) is 0.453. The van der Waals surface area contributed by atoms with Crippen molar-refractivity contribution in [2.24, 2.45) is 0 Å². The Balaban J connectivity index is 3.27. The van der Waals surface area contributed by atoms with Crippen molar-refractivity contribution in [1.29, 1.82) is 0 Å². The molecule has 0 radical (unpaired) electrons. The maximum Gasteiger partial charge on any atom is -0.0122 e. The predicted octanol–water partition coefficient (Wildman–Crippen LogP) is 2.53. The second-order valence-electron chi connectivity index (χ2n) is 1.74. The molecule has 0 aromatic heterocycles. The highest BCUT2D eigenvalue weighted by Crippen LogP contribution is 1.87. The van der Waals surface area contributed by atoms with Crippen molar-refractivity contribution in [3.63, 3.8) is 0 Å². The SMILES string of the molecule is C#C/C=C/C=C/CCC. The van der Waals surface area contributed by atoms with Gasteiger partial charge in [0.05, 0.1) is 0 Å². The Kier molecular flexibility index (Phi) is 6.29. The lowest BCUT2D eigenvalue weighted by Crippen LogP contribution is -1.58. The molecule has 0 saturated carbocycles. The van der Waals surface area contributed by atoms with Crippen molar-refractivity contribution < 1.29 is 0 Å². The Morgan fingerprint density at radius 1 is 1.44 bits per heavy atom. The summed E-state index contributed by atoms with van der Waals surface area (Å²) in [5, 5.41) is 0. The molecule has 48 valence electrons. The molecule has 0 saturated heterocycles. The molecule has 0 N–H and O–H groups in total. The molecule has 9 heavy (non-hydrogen) atoms. The maximum atomic E-state index is 4.97. The van der Waals surface area contributed by atoms with Gasteiger partial charge in [0.25, 0.3) is 0 Å². The van der Waals surface area contributed by atoms with Crippen molar-refractivity contribution >= 4 is 0 Å². The van der Waals surface area contributed by atoms with Crippen LogP contribution in [0.15, 0.2) is 24.3 Å². The topological polar surface area (TPSA) is 0 Å². The fourth-order valence-corrected chi connectivity index (χ4v) is 0.453. The molecule has 0 rings (SSSR count). The van der Waals surface area contributed by atoms with Gasteiger partial charge in [0.15, 0.2) is 0 Å². The highest BCUT2D eigenvalue weighted by atomic mass is 13.7. The molecule has 0 unspecified atom stereocenters. The van der Waals surface area contributed by atoms with Crippen LogP contribution in [0.25, 0.3) is 0 Å². The number of terminal acetylenes is 1. The van der Waals surface area contributed by atoms with E-state index < -0.39 is 0 Å². The molecular formula is C9H12. The third kappa shape index (κ3) is 7.04. The first-order valence-electron chi connectivity index (χ1n) is 3.19. The molecule has 0 aromatic rings. The van der Waals surface area contributed by atoms with Crippen LogP contribution in [0.3, 0.4) is 0 Å². The van der Waals surface area contributed by atoms with Gasteiger partial charge in [-0.1, -0.05) is 37.5 Å². The Hall–Kier alpha value is -0.960. The van der Waals surface area contributed by atoms with Gasteiger partial charge in [-0.15, -0.1) is 6.42 Å². The van der Waals surface area contributed by atoms with E-state index in [1.165, 1.54) is 6.42 Å². The number of unbranched alkanes of at least 4 members (excludes halogenated alkanes) is 1. The molecule has 0 nitrogen and oxygen atoms in total. The van der Waals surface area contributed by atoms with Crippen LogP contribution in [0.2, 0.25) is 0 Å². The van der Waals surface area contributed by atoms with Gasteiger partial charge in [0.1, 0.15) is 0 Å². The number of hydrogen-bond donors (Lipinski definition) is 0. The predicted molar refractivity (Wildman–Crippen MR) is 42.0 cm³/mol. The van der Waals surface area contributed by atoms with E-state index in [1.807, 2.05) is 12.2 Å². The normalized spacial score (nSPS) is 10.7. The monoisotopic (exact) mass is 120 g/mol. The zero-order chi connectivity index (χ0) is 6.95. The highest BCUT2D eigenvalue weighted by molar-refractivity contribution is 5.15. The van der Waals surface area contributed by atoms with Crippen molar-refractivity contribution in [3.8, 4) is 12.3 Å². The molecular weight excluding hydrogens is 108 g/mol. The Morgan fingerprint density at radius 2 is 2.22 bits per heavy atom. The van der Waals surface area contributed by atoms with E-state index in [0.29, 0.717) is 0 Å². The summed E-state index contributed by atoms with van der Waals surface area (Å²) in [5.41, 5.74) is 0. The quantitative estimate of drug-likeness (QED) is 0.396. The molecule has 0 aliphatic rings. The van der Waals surface area contributed by atoms with Gasteiger partial charge < -0.3 is 0 Å². The van der Waals surface area contributed by atoms with E-state index in [0.717, 1.165) is 6.42 Å². The minimum Gasteiger partial charge on any atom is -0.115 e. The Morgan fingerprint density at radius 3 is 2.78 bits per heavy atom. The van der Waals surface area contributed by atoms with Gasteiger partial charge in [0.2, 0.25) is 0 Å². The number of hydrogen-bond acceptors (Lipinski definition) is 0. The summed E-state index contributed by atoms with van der Waals surface area (Å²) in [6, 6.07) is 0. The van der Waals surface area contributed by atoms with Crippen LogP contribution in [0.1, 0.15) is 19.8 Å². The average molecular weight is 120 g/mol. The highest BCUT2D eigenvalue weighted by Gasteiger charge is 1.67. The molecule has 0 aliphatic heterocycles. The molecule has 0 fully saturated rings. The van der Waals surface area contributed by atoms with E-state index in [-0.39, 0.29) is 0 Å². The lowest BCUT2D eigenvalue weighted by molar-refractivity contribution is 0.959. The van der Waals surface area contributed by atoms with E-state index >= 15 is 0 Å². The standard InChI is InChI=1S/C9H12/c1-3-5-7-9-8-6-4-2/h1,5,7-9H,4,6H2,2H3/b7-5+,9-8+. The van der Waals surface area contributed by atoms with Crippen LogP contribution >= 0.6 is 0 Å². The van der Waals surface area contributed by atoms with Crippen LogP contribution in [0.5, 0.6) is 0 Å². The lowest BCUT2D eigenvalue weighted by atomic mass is 10.3. The third-order valence-electron chi connectivity index (χ3n) is 0.895. The van der Waals surface area contributed by atoms with Crippen LogP contribution in [0, 0.1) is 12.3 Å². The van der Waals surface area contributed by atoms with E-state index in [4.69, 9.17) is 6.42 Å². The van der Waals surface area contributed by atoms with Gasteiger partial charge in [0, 0.05) is 0 Å². The van der Waals surface area contributed by atoms with Crippen molar-refractivity contribution in [1.82, 2.24) is 0 Å². The summed E-state index contributed by atoms with van der Waals surface area (Å²) >= 11 is 0. The Labute approximate surface area is 57.3 Å². The zero-order valence-corrected chi connectivity index (χ0v) is 5.80. The molecule has 0 bridgehead atoms. The van der Waals surface area contributed by atoms with Crippen molar-refractivity contribution in [3.05, 3.63) is 24.3 Å². The summed E-state index contributed by atoms with van der Waals surface area (Å²) in [4.78, 5) is 0. The molecule has 0 amide bonds. The van der Waals surface area contributed by atoms with Crippen LogP contribution in [-0.2, 0) is 0 Å². The van der Waals surface area contributed by atoms with E-state index in [1.54, 1.807) is 6.08 Å². The summed E-state index contributed by atoms with van der Waals surface area (Å²) in [5.74, 6) is 2.41. The van der Waals surface area contributed by atoms with Gasteiger partial charge in [-0.3, -0.25) is 0 Å². The summed E-state index contributed by atoms with van der Waals surface area (Å²) in [6.07, 6.45) is 14.9. The van der Waals surface area contributed by atoms with Gasteiger partial charge in [-0.05, 0) is 12.5 Å². The van der Waals surface area contributed by atoms with Crippen molar-refractivity contribution in [2.45, 2.75) is 19.8 Å². The smallest absolute Gasteiger partial charge is 0.0122 e. The van der Waals surface area contributed by atoms with Gasteiger partial charge in [-0.2, -0.15) is 0 Å². The fraction of sp³-hybridized carbons (Fsp3) is 0.333. The van der Waals surface area contributed by atoms with Gasteiger partial charge >= 0.3 is 0 Å². The first kappa shape index (κ1) is 8.04. The minimum atomic E-state index is 1.13. The first-order valence-corrected chi connectivity index (χ1v) is 3.19. The summed E-state index contributed by atoms with van der Waals surface area (Å²) in [7, 11) is 0. The van der Waals surface area contributed by atoms with Crippen LogP contribution in [-0.4, -0.2) is 0 Å². The largest absolute Gasteiger partial charge is 0.115 e. The van der Waals surface area contributed by atoms with Crippen molar-refractivity contribution in [2.75, 3.05) is 0 Å². The maximum absolute atomic E-state index is 4.97. The molecule has 0 heterocycles. The summed E-state index contributed by atoms with van der Waals surface area (Å²) in [6.45, 7) is 2.15. The number of allylic oxidation sites excluding steroid dienone is 4. The average Bonchev–Trinajstić information content (AvgIpc) is 1.89. The van der Waals surface area contributed by atoms with E-state index in [2.05, 4.69) is 18.9 Å². The second-order valence-corrected chi connectivity index (χ2v) is 1.74. The van der Waals surface area contributed by atoms with Crippen LogP contribution in [0.4, 0.5) is 0 Å².